The lowest BCUT2D eigenvalue weighted by Gasteiger charge is -2.34. The van der Waals surface area contributed by atoms with Gasteiger partial charge in [0.1, 0.15) is 0 Å². The molecular weight excluding hydrogens is 809 g/mol. The molecular formula is C60H40N2SSi. The van der Waals surface area contributed by atoms with Crippen LogP contribution in [0.25, 0.3) is 86.3 Å². The summed E-state index contributed by atoms with van der Waals surface area (Å²) in [6.45, 7) is 0. The van der Waals surface area contributed by atoms with Crippen molar-refractivity contribution in [3.63, 3.8) is 0 Å². The van der Waals surface area contributed by atoms with E-state index in [9.17, 15) is 0 Å². The average molecular weight is 849 g/mol. The Kier molecular flexibility index (Phi) is 8.45. The van der Waals surface area contributed by atoms with Gasteiger partial charge < -0.3 is 9.13 Å². The van der Waals surface area contributed by atoms with E-state index in [0.717, 1.165) is 11.4 Å². The number of fused-ring (bicyclic) bond motifs is 9. The van der Waals surface area contributed by atoms with Crippen LogP contribution < -0.4 is 20.7 Å². The van der Waals surface area contributed by atoms with Gasteiger partial charge in [0.05, 0.1) is 22.1 Å². The fourth-order valence-electron chi connectivity index (χ4n) is 10.7. The third-order valence-electron chi connectivity index (χ3n) is 13.5. The van der Waals surface area contributed by atoms with Gasteiger partial charge in [-0.05, 0) is 86.5 Å². The smallest absolute Gasteiger partial charge is 0.179 e. The Balaban J connectivity index is 1.02. The monoisotopic (exact) mass is 848 g/mol. The lowest BCUT2D eigenvalue weighted by molar-refractivity contribution is 1.16. The normalized spacial score (nSPS) is 12.1. The van der Waals surface area contributed by atoms with Crippen LogP contribution >= 0.6 is 11.3 Å². The van der Waals surface area contributed by atoms with Crippen LogP contribution in [0.4, 0.5) is 0 Å². The Bertz CT molecular complexity index is 3790. The molecule has 0 saturated carbocycles. The number of nitrogens with zero attached hydrogens (tertiary/aromatic N) is 2. The summed E-state index contributed by atoms with van der Waals surface area (Å²) >= 11 is 1.87. The van der Waals surface area contributed by atoms with Crippen molar-refractivity contribution >= 4 is 104 Å². The molecule has 0 spiro atoms. The first-order valence-corrected chi connectivity index (χ1v) is 24.8. The summed E-state index contributed by atoms with van der Waals surface area (Å²) in [5.74, 6) is 0. The van der Waals surface area contributed by atoms with E-state index in [0.29, 0.717) is 0 Å². The number of thiophene rings is 1. The lowest BCUT2D eigenvalue weighted by atomic mass is 9.98. The van der Waals surface area contributed by atoms with Crippen molar-refractivity contribution in [1.29, 1.82) is 0 Å². The molecule has 0 atom stereocenters. The first-order valence-electron chi connectivity index (χ1n) is 22.0. The molecule has 0 aliphatic rings. The van der Waals surface area contributed by atoms with Gasteiger partial charge in [-0.2, -0.15) is 0 Å². The van der Waals surface area contributed by atoms with Gasteiger partial charge in [-0.1, -0.05) is 188 Å². The van der Waals surface area contributed by atoms with Gasteiger partial charge in [-0.15, -0.1) is 11.3 Å². The summed E-state index contributed by atoms with van der Waals surface area (Å²) in [5, 5.41) is 13.1. The van der Waals surface area contributed by atoms with E-state index in [1.54, 1.807) is 0 Å². The molecule has 0 aliphatic heterocycles. The second kappa shape index (κ2) is 14.7. The van der Waals surface area contributed by atoms with Gasteiger partial charge in [-0.25, -0.2) is 0 Å². The highest BCUT2D eigenvalue weighted by Crippen LogP contribution is 2.42. The van der Waals surface area contributed by atoms with Crippen LogP contribution in [-0.2, 0) is 0 Å². The standard InChI is InChI=1S/C60H40N2SSi/c1-4-17-44(18-5-1)64(45-19-6-2-7-20-45,46-21-8-3-9-22-46)47-35-32-42(33-36-47)61-54-27-13-10-24-50(54)52-38-34-43(40-57(52)61)62-55-28-14-11-23-49(55)51-37-31-41(39-56(51)62)48-26-16-30-59-60(48)53-25-12-15-29-58(53)63-59/h1-40H. The molecule has 4 heteroatoms. The number of benzene rings is 10. The predicted octanol–water partition coefficient (Wildman–Crippen LogP) is 13.3. The van der Waals surface area contributed by atoms with E-state index >= 15 is 0 Å². The summed E-state index contributed by atoms with van der Waals surface area (Å²) < 4.78 is 7.59. The SMILES string of the molecule is c1ccc([Si](c2ccccc2)(c2ccccc2)c2ccc(-n3c4ccccc4c4ccc(-n5c6ccccc6c6ccc(-c7cccc8sc9ccccc9c78)cc65)cc43)cc2)cc1. The Morgan fingerprint density at radius 1 is 0.297 bits per heavy atom. The van der Waals surface area contributed by atoms with E-state index in [4.69, 9.17) is 0 Å². The summed E-state index contributed by atoms with van der Waals surface area (Å²) in [6, 6.07) is 90.4. The maximum Gasteiger partial charge on any atom is 0.179 e. The van der Waals surface area contributed by atoms with E-state index in [-0.39, 0.29) is 0 Å². The molecule has 0 N–H and O–H groups in total. The molecule has 10 aromatic carbocycles. The summed E-state index contributed by atoms with van der Waals surface area (Å²) in [6.07, 6.45) is 0. The Morgan fingerprint density at radius 3 is 1.38 bits per heavy atom. The molecule has 0 bridgehead atoms. The second-order valence-corrected chi connectivity index (χ2v) is 21.7. The predicted molar refractivity (Wildman–Crippen MR) is 277 cm³/mol. The molecule has 0 aliphatic carbocycles. The zero-order valence-corrected chi connectivity index (χ0v) is 36.7. The minimum Gasteiger partial charge on any atom is -0.309 e. The van der Waals surface area contributed by atoms with Crippen molar-refractivity contribution < 1.29 is 0 Å². The fourth-order valence-corrected chi connectivity index (χ4v) is 16.6. The molecule has 0 amide bonds. The number of para-hydroxylation sites is 2. The van der Waals surface area contributed by atoms with Gasteiger partial charge in [0, 0.05) is 53.1 Å². The minimum atomic E-state index is -2.68. The van der Waals surface area contributed by atoms with Crippen LogP contribution in [0.3, 0.4) is 0 Å². The molecule has 64 heavy (non-hydrogen) atoms. The molecule has 0 unspecified atom stereocenters. The van der Waals surface area contributed by atoms with Gasteiger partial charge in [-0.3, -0.25) is 0 Å². The van der Waals surface area contributed by atoms with E-state index in [2.05, 4.69) is 252 Å². The van der Waals surface area contributed by atoms with Crippen LogP contribution in [0.15, 0.2) is 243 Å². The van der Waals surface area contributed by atoms with Crippen LogP contribution in [0.2, 0.25) is 0 Å². The van der Waals surface area contributed by atoms with Crippen LogP contribution in [0.1, 0.15) is 0 Å². The van der Waals surface area contributed by atoms with Crippen molar-refractivity contribution in [3.05, 3.63) is 243 Å². The Hall–Kier alpha value is -7.76. The highest BCUT2D eigenvalue weighted by atomic mass is 32.1. The van der Waals surface area contributed by atoms with E-state index in [1.807, 2.05) is 11.3 Å². The molecule has 13 rings (SSSR count). The molecule has 3 heterocycles. The third-order valence-corrected chi connectivity index (χ3v) is 19.4. The van der Waals surface area contributed by atoms with Gasteiger partial charge >= 0.3 is 0 Å². The molecule has 3 aromatic heterocycles. The minimum absolute atomic E-state index is 1.14. The summed E-state index contributed by atoms with van der Waals surface area (Å²) in [7, 11) is -2.68. The molecule has 13 aromatic rings. The summed E-state index contributed by atoms with van der Waals surface area (Å²) in [4.78, 5) is 0. The zero-order valence-electron chi connectivity index (χ0n) is 34.9. The molecule has 0 radical (unpaired) electrons. The van der Waals surface area contributed by atoms with Crippen molar-refractivity contribution in [2.45, 2.75) is 0 Å². The fraction of sp³-hybridized carbons (Fsp3) is 0. The van der Waals surface area contributed by atoms with Crippen LogP contribution in [0.5, 0.6) is 0 Å². The molecule has 300 valence electrons. The van der Waals surface area contributed by atoms with Crippen LogP contribution in [0, 0.1) is 0 Å². The van der Waals surface area contributed by atoms with E-state index < -0.39 is 8.07 Å². The average Bonchev–Trinajstić information content (AvgIpc) is 4.03. The quantitative estimate of drug-likeness (QED) is 0.112. The van der Waals surface area contributed by atoms with Gasteiger partial charge in [0.2, 0.25) is 0 Å². The maximum absolute atomic E-state index is 2.68. The van der Waals surface area contributed by atoms with Gasteiger partial charge in [0.15, 0.2) is 8.07 Å². The number of aromatic nitrogens is 2. The van der Waals surface area contributed by atoms with Crippen molar-refractivity contribution in [2.75, 3.05) is 0 Å². The van der Waals surface area contributed by atoms with E-state index in [1.165, 1.54) is 95.7 Å². The highest BCUT2D eigenvalue weighted by Gasteiger charge is 2.41. The highest BCUT2D eigenvalue weighted by molar-refractivity contribution is 7.26. The second-order valence-electron chi connectivity index (χ2n) is 16.8. The third kappa shape index (κ3) is 5.50. The van der Waals surface area contributed by atoms with Crippen molar-refractivity contribution in [2.24, 2.45) is 0 Å². The Morgan fingerprint density at radius 2 is 0.750 bits per heavy atom. The number of hydrogen-bond acceptors (Lipinski definition) is 1. The number of hydrogen-bond donors (Lipinski definition) is 0. The summed E-state index contributed by atoms with van der Waals surface area (Å²) in [5.41, 5.74) is 9.55. The molecule has 0 saturated heterocycles. The van der Waals surface area contributed by atoms with Crippen molar-refractivity contribution in [3.8, 4) is 22.5 Å². The molecule has 2 nitrogen and oxygen atoms in total. The first kappa shape index (κ1) is 36.9. The molecule has 0 fully saturated rings. The lowest BCUT2D eigenvalue weighted by Crippen LogP contribution is -2.74. The first-order chi connectivity index (χ1) is 31.8. The zero-order chi connectivity index (χ0) is 42.2. The van der Waals surface area contributed by atoms with Gasteiger partial charge in [0.25, 0.3) is 0 Å². The topological polar surface area (TPSA) is 9.86 Å². The largest absolute Gasteiger partial charge is 0.309 e. The maximum atomic E-state index is 2.48. The van der Waals surface area contributed by atoms with Crippen molar-refractivity contribution in [1.82, 2.24) is 9.13 Å². The number of rotatable bonds is 7. The van der Waals surface area contributed by atoms with Crippen LogP contribution in [-0.4, -0.2) is 17.2 Å². The Labute approximate surface area is 376 Å².